The summed E-state index contributed by atoms with van der Waals surface area (Å²) in [6.45, 7) is 0.543. The molecule has 0 atom stereocenters. The lowest BCUT2D eigenvalue weighted by molar-refractivity contribution is -0.141. The molecule has 0 aliphatic rings. The molecule has 1 aromatic heterocycles. The topological polar surface area (TPSA) is 24.9 Å². The van der Waals surface area contributed by atoms with E-state index in [1.165, 1.54) is 17.2 Å². The number of nitrogens with one attached hydrogen (secondary N) is 1. The van der Waals surface area contributed by atoms with Gasteiger partial charge in [0.25, 0.3) is 0 Å². The molecule has 1 N–H and O–H groups in total. The number of thioether (sulfide) groups is 1. The first-order valence-electron chi connectivity index (χ1n) is 5.89. The van der Waals surface area contributed by atoms with Gasteiger partial charge in [-0.15, -0.1) is 11.8 Å². The number of alkyl halides is 3. The van der Waals surface area contributed by atoms with E-state index in [4.69, 9.17) is 0 Å². The molecule has 2 aromatic rings. The Hall–Kier alpha value is -1.69. The van der Waals surface area contributed by atoms with Gasteiger partial charge >= 0.3 is 6.18 Å². The molecule has 2 nitrogen and oxygen atoms in total. The molecule has 0 spiro atoms. The minimum absolute atomic E-state index is 0.543. The highest BCUT2D eigenvalue weighted by atomic mass is 32.2. The van der Waals surface area contributed by atoms with Gasteiger partial charge in [-0.05, 0) is 36.1 Å². The maximum Gasteiger partial charge on any atom is 0.433 e. The predicted octanol–water partition coefficient (Wildman–Crippen LogP) is 4.43. The molecule has 20 heavy (non-hydrogen) atoms. The standard InChI is InChI=1S/C14H13F3N2S/c1-20-12-5-2-10(3-6-12)8-18-11-4-7-13(19-9-11)14(15,16)17/h2-7,9,18H,8H2,1H3. The molecule has 0 unspecified atom stereocenters. The van der Waals surface area contributed by atoms with Crippen LogP contribution in [0, 0.1) is 0 Å². The molecule has 0 saturated carbocycles. The van der Waals surface area contributed by atoms with Gasteiger partial charge in [0.1, 0.15) is 5.69 Å². The number of nitrogens with zero attached hydrogens (tertiary/aromatic N) is 1. The minimum Gasteiger partial charge on any atom is -0.380 e. The fourth-order valence-electron chi connectivity index (χ4n) is 1.61. The van der Waals surface area contributed by atoms with Crippen LogP contribution in [-0.2, 0) is 12.7 Å². The third-order valence-electron chi connectivity index (χ3n) is 2.71. The number of pyridine rings is 1. The average Bonchev–Trinajstić information content (AvgIpc) is 2.45. The summed E-state index contributed by atoms with van der Waals surface area (Å²) in [5.41, 5.74) is 0.738. The lowest BCUT2D eigenvalue weighted by Gasteiger charge is -2.09. The quantitative estimate of drug-likeness (QED) is 0.845. The van der Waals surface area contributed by atoms with Gasteiger partial charge in [0, 0.05) is 11.4 Å². The van der Waals surface area contributed by atoms with Crippen LogP contribution < -0.4 is 5.32 Å². The van der Waals surface area contributed by atoms with Crippen LogP contribution in [0.15, 0.2) is 47.5 Å². The van der Waals surface area contributed by atoms with Gasteiger partial charge in [-0.3, -0.25) is 0 Å². The van der Waals surface area contributed by atoms with Crippen LogP contribution in [0.5, 0.6) is 0 Å². The first-order valence-corrected chi connectivity index (χ1v) is 7.11. The summed E-state index contributed by atoms with van der Waals surface area (Å²) in [6.07, 6.45) is -1.20. The molecule has 0 aliphatic carbocycles. The lowest BCUT2D eigenvalue weighted by atomic mass is 10.2. The van der Waals surface area contributed by atoms with E-state index in [1.807, 2.05) is 30.5 Å². The normalized spacial score (nSPS) is 11.4. The molecular formula is C14H13F3N2S. The zero-order valence-electron chi connectivity index (χ0n) is 10.7. The maximum absolute atomic E-state index is 12.4. The van der Waals surface area contributed by atoms with Crippen molar-refractivity contribution in [2.24, 2.45) is 0 Å². The molecule has 1 aromatic carbocycles. The van der Waals surface area contributed by atoms with E-state index in [9.17, 15) is 13.2 Å². The van der Waals surface area contributed by atoms with Crippen LogP contribution in [-0.4, -0.2) is 11.2 Å². The Kier molecular flexibility index (Phi) is 4.54. The van der Waals surface area contributed by atoms with Crippen molar-refractivity contribution < 1.29 is 13.2 Å². The van der Waals surface area contributed by atoms with Crippen LogP contribution in [0.3, 0.4) is 0 Å². The second-order valence-electron chi connectivity index (χ2n) is 4.13. The molecule has 0 amide bonds. The van der Waals surface area contributed by atoms with Crippen molar-refractivity contribution in [3.63, 3.8) is 0 Å². The highest BCUT2D eigenvalue weighted by molar-refractivity contribution is 7.98. The second kappa shape index (κ2) is 6.17. The van der Waals surface area contributed by atoms with Gasteiger partial charge in [-0.2, -0.15) is 13.2 Å². The van der Waals surface area contributed by atoms with Crippen molar-refractivity contribution >= 4 is 17.4 Å². The number of halogens is 3. The van der Waals surface area contributed by atoms with E-state index >= 15 is 0 Å². The molecule has 2 rings (SSSR count). The maximum atomic E-state index is 12.4. The summed E-state index contributed by atoms with van der Waals surface area (Å²) >= 11 is 1.66. The fourth-order valence-corrected chi connectivity index (χ4v) is 2.02. The molecule has 0 radical (unpaired) electrons. The Bertz CT molecular complexity index is 550. The second-order valence-corrected chi connectivity index (χ2v) is 5.01. The minimum atomic E-state index is -4.40. The van der Waals surface area contributed by atoms with Gasteiger partial charge in [-0.25, -0.2) is 4.98 Å². The monoisotopic (exact) mass is 298 g/mol. The first-order chi connectivity index (χ1) is 9.49. The van der Waals surface area contributed by atoms with E-state index in [1.54, 1.807) is 11.8 Å². The van der Waals surface area contributed by atoms with Crippen molar-refractivity contribution in [2.45, 2.75) is 17.6 Å². The van der Waals surface area contributed by atoms with Gasteiger partial charge in [0.05, 0.1) is 11.9 Å². The summed E-state index contributed by atoms with van der Waals surface area (Å²) in [4.78, 5) is 4.57. The van der Waals surface area contributed by atoms with E-state index in [0.717, 1.165) is 11.6 Å². The van der Waals surface area contributed by atoms with Crippen LogP contribution in [0.1, 0.15) is 11.3 Å². The van der Waals surface area contributed by atoms with Crippen LogP contribution in [0.2, 0.25) is 0 Å². The molecule has 1 heterocycles. The molecule has 0 fully saturated rings. The Labute approximate surface area is 119 Å². The number of aromatic nitrogens is 1. The van der Waals surface area contributed by atoms with Crippen molar-refractivity contribution in [1.29, 1.82) is 0 Å². The Morgan fingerprint density at radius 3 is 2.30 bits per heavy atom. The van der Waals surface area contributed by atoms with Crippen molar-refractivity contribution in [3.8, 4) is 0 Å². The zero-order chi connectivity index (χ0) is 14.6. The SMILES string of the molecule is CSc1ccc(CNc2ccc(C(F)(F)F)nc2)cc1. The highest BCUT2D eigenvalue weighted by Crippen LogP contribution is 2.27. The van der Waals surface area contributed by atoms with Crippen molar-refractivity contribution in [2.75, 3.05) is 11.6 Å². The first kappa shape index (κ1) is 14.7. The number of hydrogen-bond donors (Lipinski definition) is 1. The van der Waals surface area contributed by atoms with E-state index in [0.29, 0.717) is 12.2 Å². The van der Waals surface area contributed by atoms with E-state index < -0.39 is 11.9 Å². The van der Waals surface area contributed by atoms with Gasteiger partial charge in [-0.1, -0.05) is 12.1 Å². The number of benzene rings is 1. The van der Waals surface area contributed by atoms with Crippen LogP contribution in [0.4, 0.5) is 18.9 Å². The summed E-state index contributed by atoms with van der Waals surface area (Å²) in [5, 5.41) is 3.04. The lowest BCUT2D eigenvalue weighted by Crippen LogP contribution is -2.08. The zero-order valence-corrected chi connectivity index (χ0v) is 11.6. The third-order valence-corrected chi connectivity index (χ3v) is 3.45. The summed E-state index contributed by atoms with van der Waals surface area (Å²) < 4.78 is 37.1. The Balaban J connectivity index is 1.96. The summed E-state index contributed by atoms with van der Waals surface area (Å²) in [6, 6.07) is 10.3. The van der Waals surface area contributed by atoms with Crippen molar-refractivity contribution in [1.82, 2.24) is 4.98 Å². The third kappa shape index (κ3) is 3.90. The van der Waals surface area contributed by atoms with Crippen molar-refractivity contribution in [3.05, 3.63) is 53.9 Å². The van der Waals surface area contributed by atoms with E-state index in [2.05, 4.69) is 10.3 Å². The summed E-state index contributed by atoms with van der Waals surface area (Å²) in [7, 11) is 0. The van der Waals surface area contributed by atoms with Gasteiger partial charge in [0.15, 0.2) is 0 Å². The number of rotatable bonds is 4. The molecule has 6 heteroatoms. The number of anilines is 1. The molecule has 106 valence electrons. The Morgan fingerprint density at radius 1 is 1.10 bits per heavy atom. The number of hydrogen-bond acceptors (Lipinski definition) is 3. The molecule has 0 aliphatic heterocycles. The molecule has 0 bridgehead atoms. The van der Waals surface area contributed by atoms with Gasteiger partial charge < -0.3 is 5.32 Å². The predicted molar refractivity (Wildman–Crippen MR) is 74.8 cm³/mol. The summed E-state index contributed by atoms with van der Waals surface area (Å²) in [5.74, 6) is 0. The van der Waals surface area contributed by atoms with Crippen LogP contribution in [0.25, 0.3) is 0 Å². The Morgan fingerprint density at radius 2 is 1.80 bits per heavy atom. The smallest absolute Gasteiger partial charge is 0.380 e. The molecule has 0 saturated heterocycles. The van der Waals surface area contributed by atoms with Gasteiger partial charge in [0.2, 0.25) is 0 Å². The molecular weight excluding hydrogens is 285 g/mol. The fraction of sp³-hybridized carbons (Fsp3) is 0.214. The largest absolute Gasteiger partial charge is 0.433 e. The highest BCUT2D eigenvalue weighted by Gasteiger charge is 2.31. The van der Waals surface area contributed by atoms with Crippen LogP contribution >= 0.6 is 11.8 Å². The average molecular weight is 298 g/mol. The van der Waals surface area contributed by atoms with E-state index in [-0.39, 0.29) is 0 Å².